The highest BCUT2D eigenvalue weighted by Gasteiger charge is 2.07. The molecule has 1 N–H and O–H groups in total. The van der Waals surface area contributed by atoms with E-state index in [-0.39, 0.29) is 0 Å². The Labute approximate surface area is 115 Å². The predicted octanol–water partition coefficient (Wildman–Crippen LogP) is 3.46. The molecule has 2 rings (SSSR count). The molecule has 0 spiro atoms. The molecule has 0 saturated carbocycles. The van der Waals surface area contributed by atoms with E-state index in [1.165, 1.54) is 16.7 Å². The number of hydrogen-bond donors (Lipinski definition) is 1. The van der Waals surface area contributed by atoms with E-state index < -0.39 is 0 Å². The Balaban J connectivity index is 2.22. The van der Waals surface area contributed by atoms with Crippen LogP contribution in [-0.4, -0.2) is 15.8 Å². The summed E-state index contributed by atoms with van der Waals surface area (Å²) in [6, 6.07) is 9.03. The maximum atomic E-state index is 4.41. The molecule has 0 aliphatic carbocycles. The standard InChI is InChI=1S/C16H23N3/c1-4-9-19-12-15(11-18-19)16-8-6-5-7-14(16)10-17-13(2)3/h5-8,11-13,17H,4,9-10H2,1-3H3. The van der Waals surface area contributed by atoms with Gasteiger partial charge in [-0.05, 0) is 17.5 Å². The molecule has 0 atom stereocenters. The number of aryl methyl sites for hydroxylation is 1. The Hall–Kier alpha value is -1.61. The van der Waals surface area contributed by atoms with Gasteiger partial charge in [-0.2, -0.15) is 5.10 Å². The molecule has 2 aromatic rings. The Bertz CT molecular complexity index is 514. The van der Waals surface area contributed by atoms with E-state index in [4.69, 9.17) is 0 Å². The molecule has 0 bridgehead atoms. The van der Waals surface area contributed by atoms with Gasteiger partial charge in [-0.25, -0.2) is 0 Å². The third-order valence-corrected chi connectivity index (χ3v) is 3.12. The number of benzene rings is 1. The highest BCUT2D eigenvalue weighted by Crippen LogP contribution is 2.23. The smallest absolute Gasteiger partial charge is 0.0568 e. The summed E-state index contributed by atoms with van der Waals surface area (Å²) in [5, 5.41) is 7.89. The van der Waals surface area contributed by atoms with Gasteiger partial charge in [-0.3, -0.25) is 4.68 Å². The molecule has 0 amide bonds. The minimum absolute atomic E-state index is 0.496. The van der Waals surface area contributed by atoms with Crippen molar-refractivity contribution >= 4 is 0 Å². The molecule has 0 unspecified atom stereocenters. The summed E-state index contributed by atoms with van der Waals surface area (Å²) >= 11 is 0. The fraction of sp³-hybridized carbons (Fsp3) is 0.438. The molecule has 1 aromatic carbocycles. The van der Waals surface area contributed by atoms with Gasteiger partial charge < -0.3 is 5.32 Å². The van der Waals surface area contributed by atoms with Gasteiger partial charge in [0.05, 0.1) is 6.20 Å². The molecule has 0 fully saturated rings. The zero-order valence-electron chi connectivity index (χ0n) is 12.1. The number of aromatic nitrogens is 2. The van der Waals surface area contributed by atoms with Gasteiger partial charge in [0.1, 0.15) is 0 Å². The van der Waals surface area contributed by atoms with Gasteiger partial charge in [-0.1, -0.05) is 45.0 Å². The summed E-state index contributed by atoms with van der Waals surface area (Å²) in [4.78, 5) is 0. The number of hydrogen-bond acceptors (Lipinski definition) is 2. The van der Waals surface area contributed by atoms with Crippen LogP contribution in [-0.2, 0) is 13.1 Å². The van der Waals surface area contributed by atoms with E-state index in [1.807, 2.05) is 10.9 Å². The Kier molecular flexibility index (Phi) is 4.74. The molecule has 102 valence electrons. The zero-order valence-corrected chi connectivity index (χ0v) is 12.1. The van der Waals surface area contributed by atoms with Crippen LogP contribution in [0.4, 0.5) is 0 Å². The van der Waals surface area contributed by atoms with Crippen molar-refractivity contribution in [3.05, 3.63) is 42.2 Å². The van der Waals surface area contributed by atoms with Crippen molar-refractivity contribution in [2.45, 2.75) is 46.3 Å². The van der Waals surface area contributed by atoms with Crippen LogP contribution >= 0.6 is 0 Å². The fourth-order valence-corrected chi connectivity index (χ4v) is 2.12. The van der Waals surface area contributed by atoms with Crippen LogP contribution in [0, 0.1) is 0 Å². The molecular weight excluding hydrogens is 234 g/mol. The van der Waals surface area contributed by atoms with E-state index in [9.17, 15) is 0 Å². The average molecular weight is 257 g/mol. The topological polar surface area (TPSA) is 29.9 Å². The third kappa shape index (κ3) is 3.67. The van der Waals surface area contributed by atoms with E-state index >= 15 is 0 Å². The molecular formula is C16H23N3. The molecule has 0 aliphatic heterocycles. The molecule has 3 heteroatoms. The second kappa shape index (κ2) is 6.53. The number of nitrogens with zero attached hydrogens (tertiary/aromatic N) is 2. The van der Waals surface area contributed by atoms with Crippen molar-refractivity contribution in [1.29, 1.82) is 0 Å². The lowest BCUT2D eigenvalue weighted by atomic mass is 10.0. The number of rotatable bonds is 6. The van der Waals surface area contributed by atoms with Gasteiger partial charge in [0.15, 0.2) is 0 Å². The second-order valence-corrected chi connectivity index (χ2v) is 5.18. The fourth-order valence-electron chi connectivity index (χ4n) is 2.12. The first kappa shape index (κ1) is 13.8. The largest absolute Gasteiger partial charge is 0.310 e. The van der Waals surface area contributed by atoms with Crippen molar-refractivity contribution in [1.82, 2.24) is 15.1 Å². The van der Waals surface area contributed by atoms with Crippen LogP contribution in [0.5, 0.6) is 0 Å². The maximum Gasteiger partial charge on any atom is 0.0568 e. The Morgan fingerprint density at radius 3 is 2.79 bits per heavy atom. The van der Waals surface area contributed by atoms with E-state index in [0.29, 0.717) is 6.04 Å². The van der Waals surface area contributed by atoms with Gasteiger partial charge in [0, 0.05) is 30.9 Å². The summed E-state index contributed by atoms with van der Waals surface area (Å²) in [5.74, 6) is 0. The molecule has 0 aliphatic rings. The van der Waals surface area contributed by atoms with Crippen LogP contribution in [0.3, 0.4) is 0 Å². The lowest BCUT2D eigenvalue weighted by Crippen LogP contribution is -2.22. The van der Waals surface area contributed by atoms with Gasteiger partial charge >= 0.3 is 0 Å². The summed E-state index contributed by atoms with van der Waals surface area (Å²) in [5.41, 5.74) is 3.81. The molecule has 3 nitrogen and oxygen atoms in total. The third-order valence-electron chi connectivity index (χ3n) is 3.12. The van der Waals surface area contributed by atoms with Crippen LogP contribution < -0.4 is 5.32 Å². The van der Waals surface area contributed by atoms with Crippen molar-refractivity contribution in [3.8, 4) is 11.1 Å². The highest BCUT2D eigenvalue weighted by molar-refractivity contribution is 5.65. The van der Waals surface area contributed by atoms with E-state index in [1.54, 1.807) is 0 Å². The molecule has 1 aromatic heterocycles. The van der Waals surface area contributed by atoms with Gasteiger partial charge in [0.25, 0.3) is 0 Å². The predicted molar refractivity (Wildman–Crippen MR) is 79.9 cm³/mol. The van der Waals surface area contributed by atoms with Crippen molar-refractivity contribution in [2.24, 2.45) is 0 Å². The summed E-state index contributed by atoms with van der Waals surface area (Å²) in [7, 11) is 0. The maximum absolute atomic E-state index is 4.41. The lowest BCUT2D eigenvalue weighted by Gasteiger charge is -2.11. The minimum Gasteiger partial charge on any atom is -0.310 e. The van der Waals surface area contributed by atoms with Crippen molar-refractivity contribution in [3.63, 3.8) is 0 Å². The van der Waals surface area contributed by atoms with Crippen LogP contribution in [0.25, 0.3) is 11.1 Å². The van der Waals surface area contributed by atoms with Gasteiger partial charge in [-0.15, -0.1) is 0 Å². The van der Waals surface area contributed by atoms with Crippen molar-refractivity contribution in [2.75, 3.05) is 0 Å². The highest BCUT2D eigenvalue weighted by atomic mass is 15.3. The Morgan fingerprint density at radius 1 is 1.26 bits per heavy atom. The molecule has 1 heterocycles. The SMILES string of the molecule is CCCn1cc(-c2ccccc2CNC(C)C)cn1. The summed E-state index contributed by atoms with van der Waals surface area (Å²) in [6.07, 6.45) is 5.21. The quantitative estimate of drug-likeness (QED) is 0.859. The first-order chi connectivity index (χ1) is 9.20. The summed E-state index contributed by atoms with van der Waals surface area (Å²) < 4.78 is 2.02. The monoisotopic (exact) mass is 257 g/mol. The van der Waals surface area contributed by atoms with Crippen LogP contribution in [0.2, 0.25) is 0 Å². The van der Waals surface area contributed by atoms with Crippen LogP contribution in [0.15, 0.2) is 36.7 Å². The average Bonchev–Trinajstić information content (AvgIpc) is 2.85. The first-order valence-electron chi connectivity index (χ1n) is 7.04. The minimum atomic E-state index is 0.496. The van der Waals surface area contributed by atoms with E-state index in [2.05, 4.69) is 61.6 Å². The molecule has 0 radical (unpaired) electrons. The summed E-state index contributed by atoms with van der Waals surface area (Å²) in [6.45, 7) is 8.38. The van der Waals surface area contributed by atoms with E-state index in [0.717, 1.165) is 19.5 Å². The number of nitrogens with one attached hydrogen (secondary N) is 1. The molecule has 19 heavy (non-hydrogen) atoms. The normalized spacial score (nSPS) is 11.2. The first-order valence-corrected chi connectivity index (χ1v) is 7.04. The van der Waals surface area contributed by atoms with Crippen LogP contribution in [0.1, 0.15) is 32.8 Å². The van der Waals surface area contributed by atoms with Crippen molar-refractivity contribution < 1.29 is 0 Å². The molecule has 0 saturated heterocycles. The van der Waals surface area contributed by atoms with Gasteiger partial charge in [0.2, 0.25) is 0 Å². The lowest BCUT2D eigenvalue weighted by molar-refractivity contribution is 0.589. The zero-order chi connectivity index (χ0) is 13.7. The Morgan fingerprint density at radius 2 is 2.05 bits per heavy atom. The second-order valence-electron chi connectivity index (χ2n) is 5.18.